The van der Waals surface area contributed by atoms with Gasteiger partial charge in [0.1, 0.15) is 0 Å². The van der Waals surface area contributed by atoms with E-state index in [0.29, 0.717) is 11.4 Å². The quantitative estimate of drug-likeness (QED) is 0.794. The molecule has 6 heteroatoms. The van der Waals surface area contributed by atoms with Gasteiger partial charge in [-0.15, -0.1) is 37.2 Å². The number of hydrogen-bond acceptors (Lipinski definition) is 3. The minimum Gasteiger partial charge on any atom is -0.399 e. The molecular formula is C11H14Cl3N3. The van der Waals surface area contributed by atoms with Crippen molar-refractivity contribution in [2.45, 2.75) is 0 Å². The fourth-order valence-corrected chi connectivity index (χ4v) is 1.35. The van der Waals surface area contributed by atoms with Crippen molar-refractivity contribution < 1.29 is 0 Å². The molecule has 0 aliphatic rings. The molecule has 0 saturated heterocycles. The Labute approximate surface area is 119 Å². The minimum absolute atomic E-state index is 0. The number of hydrogen-bond donors (Lipinski definition) is 2. The van der Waals surface area contributed by atoms with Gasteiger partial charge in [-0.2, -0.15) is 0 Å². The van der Waals surface area contributed by atoms with Crippen LogP contribution in [-0.2, 0) is 0 Å². The molecule has 2 aromatic rings. The van der Waals surface area contributed by atoms with Gasteiger partial charge in [-0.25, -0.2) is 0 Å². The molecule has 0 atom stereocenters. The maximum Gasteiger partial charge on any atom is 0.0395 e. The van der Waals surface area contributed by atoms with E-state index in [1.165, 1.54) is 0 Å². The molecule has 94 valence electrons. The first-order valence-electron chi connectivity index (χ1n) is 4.33. The van der Waals surface area contributed by atoms with Crippen LogP contribution in [0.25, 0.3) is 11.1 Å². The van der Waals surface area contributed by atoms with Crippen LogP contribution in [0.3, 0.4) is 0 Å². The summed E-state index contributed by atoms with van der Waals surface area (Å²) in [5.41, 5.74) is 14.9. The first-order valence-corrected chi connectivity index (χ1v) is 4.33. The van der Waals surface area contributed by atoms with Crippen molar-refractivity contribution in [2.75, 3.05) is 11.5 Å². The van der Waals surface area contributed by atoms with Crippen molar-refractivity contribution in [3.05, 3.63) is 42.7 Å². The van der Waals surface area contributed by atoms with Gasteiger partial charge in [-0.1, -0.05) is 6.07 Å². The summed E-state index contributed by atoms with van der Waals surface area (Å²) in [5.74, 6) is 0. The van der Waals surface area contributed by atoms with E-state index in [9.17, 15) is 0 Å². The van der Waals surface area contributed by atoms with E-state index in [2.05, 4.69) is 4.98 Å². The lowest BCUT2D eigenvalue weighted by Crippen LogP contribution is -1.92. The van der Waals surface area contributed by atoms with E-state index in [4.69, 9.17) is 11.5 Å². The monoisotopic (exact) mass is 293 g/mol. The Bertz CT molecular complexity index is 449. The van der Waals surface area contributed by atoms with Gasteiger partial charge in [0.15, 0.2) is 0 Å². The highest BCUT2D eigenvalue weighted by Gasteiger charge is 2.01. The molecule has 2 rings (SSSR count). The fourth-order valence-electron chi connectivity index (χ4n) is 1.35. The van der Waals surface area contributed by atoms with Crippen LogP contribution in [0.2, 0.25) is 0 Å². The van der Waals surface area contributed by atoms with Gasteiger partial charge < -0.3 is 11.5 Å². The smallest absolute Gasteiger partial charge is 0.0395 e. The first kappa shape index (κ1) is 18.2. The third kappa shape index (κ3) is 4.30. The summed E-state index contributed by atoms with van der Waals surface area (Å²) in [5, 5.41) is 0. The van der Waals surface area contributed by atoms with Crippen LogP contribution in [0.5, 0.6) is 0 Å². The second-order valence-electron chi connectivity index (χ2n) is 3.09. The van der Waals surface area contributed by atoms with Gasteiger partial charge in [-0.3, -0.25) is 4.98 Å². The van der Waals surface area contributed by atoms with Crippen LogP contribution in [-0.4, -0.2) is 4.98 Å². The summed E-state index contributed by atoms with van der Waals surface area (Å²) >= 11 is 0. The van der Waals surface area contributed by atoms with E-state index in [1.54, 1.807) is 24.5 Å². The van der Waals surface area contributed by atoms with Gasteiger partial charge in [0, 0.05) is 34.9 Å². The number of halogens is 3. The van der Waals surface area contributed by atoms with E-state index in [1.807, 2.05) is 18.2 Å². The second kappa shape index (κ2) is 8.01. The molecule has 4 N–H and O–H groups in total. The van der Waals surface area contributed by atoms with Crippen LogP contribution in [0.4, 0.5) is 11.4 Å². The molecule has 1 heterocycles. The molecule has 3 nitrogen and oxygen atoms in total. The molecule has 0 spiro atoms. The van der Waals surface area contributed by atoms with Crippen LogP contribution >= 0.6 is 37.2 Å². The predicted octanol–water partition coefficient (Wildman–Crippen LogP) is 3.18. The van der Waals surface area contributed by atoms with Crippen molar-refractivity contribution in [3.63, 3.8) is 0 Å². The highest BCUT2D eigenvalue weighted by atomic mass is 35.5. The van der Waals surface area contributed by atoms with Gasteiger partial charge in [0.2, 0.25) is 0 Å². The van der Waals surface area contributed by atoms with Gasteiger partial charge in [0.25, 0.3) is 0 Å². The molecule has 0 amide bonds. The number of nitrogens with zero attached hydrogens (tertiary/aromatic N) is 1. The van der Waals surface area contributed by atoms with Crippen molar-refractivity contribution in [1.29, 1.82) is 0 Å². The Morgan fingerprint density at radius 3 is 2.24 bits per heavy atom. The number of aromatic nitrogens is 1. The standard InChI is InChI=1S/C11H11N3.3ClH/c12-9-3-4-11(13)10(6-9)8-2-1-5-14-7-8;;;/h1-7H,12-13H2;3*1H. The zero-order chi connectivity index (χ0) is 9.97. The largest absolute Gasteiger partial charge is 0.399 e. The normalized spacial score (nSPS) is 8.24. The van der Waals surface area contributed by atoms with Crippen molar-refractivity contribution in [2.24, 2.45) is 0 Å². The Balaban J connectivity index is 0. The third-order valence-corrected chi connectivity index (χ3v) is 2.05. The van der Waals surface area contributed by atoms with Crippen molar-refractivity contribution in [1.82, 2.24) is 4.98 Å². The topological polar surface area (TPSA) is 64.9 Å². The molecule has 0 radical (unpaired) electrons. The van der Waals surface area contributed by atoms with Crippen LogP contribution in [0.1, 0.15) is 0 Å². The molecule has 0 bridgehead atoms. The highest BCUT2D eigenvalue weighted by Crippen LogP contribution is 2.26. The molecule has 17 heavy (non-hydrogen) atoms. The summed E-state index contributed by atoms with van der Waals surface area (Å²) in [6.07, 6.45) is 3.50. The molecule has 0 aliphatic heterocycles. The lowest BCUT2D eigenvalue weighted by atomic mass is 10.1. The summed E-state index contributed by atoms with van der Waals surface area (Å²) < 4.78 is 0. The van der Waals surface area contributed by atoms with Crippen LogP contribution in [0, 0.1) is 0 Å². The number of nitrogens with two attached hydrogens (primary N) is 2. The van der Waals surface area contributed by atoms with E-state index >= 15 is 0 Å². The SMILES string of the molecule is Cl.Cl.Cl.Nc1ccc(N)c(-c2cccnc2)c1. The summed E-state index contributed by atoms with van der Waals surface area (Å²) in [6, 6.07) is 9.27. The Morgan fingerprint density at radius 2 is 1.65 bits per heavy atom. The highest BCUT2D eigenvalue weighted by molar-refractivity contribution is 5.86. The van der Waals surface area contributed by atoms with E-state index < -0.39 is 0 Å². The van der Waals surface area contributed by atoms with Gasteiger partial charge in [0.05, 0.1) is 0 Å². The fraction of sp³-hybridized carbons (Fsp3) is 0. The number of benzene rings is 1. The summed E-state index contributed by atoms with van der Waals surface area (Å²) in [4.78, 5) is 4.04. The zero-order valence-electron chi connectivity index (χ0n) is 8.87. The first-order chi connectivity index (χ1) is 6.77. The zero-order valence-corrected chi connectivity index (χ0v) is 11.3. The number of nitrogen functional groups attached to an aromatic ring is 2. The van der Waals surface area contributed by atoms with Gasteiger partial charge >= 0.3 is 0 Å². The molecule has 0 aliphatic carbocycles. The van der Waals surface area contributed by atoms with E-state index in [-0.39, 0.29) is 37.2 Å². The molecule has 0 fully saturated rings. The van der Waals surface area contributed by atoms with Crippen molar-refractivity contribution in [3.8, 4) is 11.1 Å². The lowest BCUT2D eigenvalue weighted by molar-refractivity contribution is 1.33. The molecule has 0 saturated carbocycles. The Kier molecular flexibility index (Phi) is 8.58. The minimum atomic E-state index is 0. The van der Waals surface area contributed by atoms with Gasteiger partial charge in [-0.05, 0) is 24.3 Å². The summed E-state index contributed by atoms with van der Waals surface area (Å²) in [6.45, 7) is 0. The lowest BCUT2D eigenvalue weighted by Gasteiger charge is -2.05. The molecular weight excluding hydrogens is 281 g/mol. The average Bonchev–Trinajstić information content (AvgIpc) is 2.23. The number of pyridine rings is 1. The van der Waals surface area contributed by atoms with Crippen LogP contribution < -0.4 is 11.5 Å². The van der Waals surface area contributed by atoms with Crippen LogP contribution in [0.15, 0.2) is 42.7 Å². The Hall–Kier alpha value is -1.16. The maximum atomic E-state index is 5.84. The third-order valence-electron chi connectivity index (χ3n) is 2.05. The molecule has 0 unspecified atom stereocenters. The predicted molar refractivity (Wildman–Crippen MR) is 80.2 cm³/mol. The van der Waals surface area contributed by atoms with Crippen molar-refractivity contribution >= 4 is 48.6 Å². The number of anilines is 2. The molecule has 1 aromatic carbocycles. The Morgan fingerprint density at radius 1 is 0.941 bits per heavy atom. The summed E-state index contributed by atoms with van der Waals surface area (Å²) in [7, 11) is 0. The second-order valence-corrected chi connectivity index (χ2v) is 3.09. The molecule has 1 aromatic heterocycles. The maximum absolute atomic E-state index is 5.84. The average molecular weight is 295 g/mol. The van der Waals surface area contributed by atoms with E-state index in [0.717, 1.165) is 11.1 Å². The number of rotatable bonds is 1.